The molecule has 0 saturated carbocycles. The molecule has 3 rings (SSSR count). The average molecular weight is 461 g/mol. The van der Waals surface area contributed by atoms with Gasteiger partial charge in [0, 0.05) is 10.0 Å². The fraction of sp³-hybridized carbons (Fsp3) is 0.150. The maximum absolute atomic E-state index is 12.1. The van der Waals surface area contributed by atoms with Crippen LogP contribution in [0.5, 0.6) is 11.5 Å². The molecule has 6 nitrogen and oxygen atoms in total. The van der Waals surface area contributed by atoms with Crippen molar-refractivity contribution in [1.29, 1.82) is 0 Å². The molecule has 0 aliphatic carbocycles. The molecule has 0 spiro atoms. The minimum absolute atomic E-state index is 0.00822. The van der Waals surface area contributed by atoms with Crippen molar-refractivity contribution in [3.8, 4) is 11.5 Å². The molecule has 144 valence electrons. The van der Waals surface area contributed by atoms with E-state index < -0.39 is 11.8 Å². The van der Waals surface area contributed by atoms with Crippen molar-refractivity contribution in [3.63, 3.8) is 0 Å². The number of hydrogen-bond donors (Lipinski definition) is 2. The first-order chi connectivity index (χ1) is 13.4. The number of hydrogen-bond acceptors (Lipinski definition) is 5. The van der Waals surface area contributed by atoms with Gasteiger partial charge >= 0.3 is 0 Å². The van der Waals surface area contributed by atoms with Crippen molar-refractivity contribution in [2.24, 2.45) is 0 Å². The SMILES string of the molecule is Cc1ccc(OCCOc2ccc(Br)cc2C=C2C(=O)NC(=S)NC2=O)cc1. The summed E-state index contributed by atoms with van der Waals surface area (Å²) in [5, 5.41) is 4.81. The van der Waals surface area contributed by atoms with E-state index in [1.54, 1.807) is 12.1 Å². The number of ether oxygens (including phenoxy) is 2. The summed E-state index contributed by atoms with van der Waals surface area (Å²) in [4.78, 5) is 24.1. The molecule has 2 amide bonds. The Hall–Kier alpha value is -2.71. The topological polar surface area (TPSA) is 76.7 Å². The summed E-state index contributed by atoms with van der Waals surface area (Å²) < 4.78 is 12.2. The average Bonchev–Trinajstić information content (AvgIpc) is 2.64. The normalized spacial score (nSPS) is 13.6. The van der Waals surface area contributed by atoms with E-state index in [1.165, 1.54) is 6.08 Å². The van der Waals surface area contributed by atoms with E-state index in [4.69, 9.17) is 21.7 Å². The van der Waals surface area contributed by atoms with Gasteiger partial charge in [-0.15, -0.1) is 0 Å². The molecule has 28 heavy (non-hydrogen) atoms. The lowest BCUT2D eigenvalue weighted by atomic mass is 10.1. The third-order valence-corrected chi connectivity index (χ3v) is 4.54. The molecule has 0 atom stereocenters. The van der Waals surface area contributed by atoms with Gasteiger partial charge in [0.25, 0.3) is 11.8 Å². The van der Waals surface area contributed by atoms with Gasteiger partial charge in [-0.2, -0.15) is 0 Å². The van der Waals surface area contributed by atoms with Crippen molar-refractivity contribution < 1.29 is 19.1 Å². The van der Waals surface area contributed by atoms with Crippen LogP contribution in [0.1, 0.15) is 11.1 Å². The zero-order valence-corrected chi connectivity index (χ0v) is 17.4. The maximum atomic E-state index is 12.1. The molecule has 2 N–H and O–H groups in total. The van der Waals surface area contributed by atoms with E-state index in [0.29, 0.717) is 24.5 Å². The van der Waals surface area contributed by atoms with Crippen molar-refractivity contribution >= 4 is 51.2 Å². The number of nitrogens with one attached hydrogen (secondary N) is 2. The predicted octanol–water partition coefficient (Wildman–Crippen LogP) is 3.13. The number of thiocarbonyl (C=S) groups is 1. The summed E-state index contributed by atoms with van der Waals surface area (Å²) in [5.74, 6) is 0.181. The summed E-state index contributed by atoms with van der Waals surface area (Å²) in [5.41, 5.74) is 1.69. The highest BCUT2D eigenvalue weighted by molar-refractivity contribution is 9.10. The summed E-state index contributed by atoms with van der Waals surface area (Å²) in [6.45, 7) is 2.66. The molecule has 2 aromatic rings. The molecule has 0 bridgehead atoms. The van der Waals surface area contributed by atoms with Gasteiger partial charge < -0.3 is 9.47 Å². The highest BCUT2D eigenvalue weighted by Gasteiger charge is 2.26. The fourth-order valence-electron chi connectivity index (χ4n) is 2.47. The standard InChI is InChI=1S/C20H17BrN2O4S/c1-12-2-5-15(6-3-12)26-8-9-27-17-7-4-14(21)10-13(17)11-16-18(24)22-20(28)23-19(16)25/h2-7,10-11H,8-9H2,1H3,(H2,22,23,24,25,28). The van der Waals surface area contributed by atoms with Crippen LogP contribution in [-0.4, -0.2) is 30.1 Å². The zero-order valence-electron chi connectivity index (χ0n) is 15.0. The minimum atomic E-state index is -0.553. The van der Waals surface area contributed by atoms with Gasteiger partial charge in [0.2, 0.25) is 0 Å². The Morgan fingerprint density at radius 2 is 1.64 bits per heavy atom. The van der Waals surface area contributed by atoms with Crippen LogP contribution >= 0.6 is 28.1 Å². The van der Waals surface area contributed by atoms with Crippen LogP contribution in [0.4, 0.5) is 0 Å². The van der Waals surface area contributed by atoms with E-state index in [-0.39, 0.29) is 10.7 Å². The number of halogens is 1. The Morgan fingerprint density at radius 1 is 1.00 bits per heavy atom. The van der Waals surface area contributed by atoms with Gasteiger partial charge in [-0.25, -0.2) is 0 Å². The second-order valence-electron chi connectivity index (χ2n) is 5.99. The molecular weight excluding hydrogens is 444 g/mol. The first-order valence-corrected chi connectivity index (χ1v) is 9.62. The van der Waals surface area contributed by atoms with Gasteiger partial charge in [0.05, 0.1) is 0 Å². The minimum Gasteiger partial charge on any atom is -0.490 e. The molecule has 1 saturated heterocycles. The summed E-state index contributed by atoms with van der Waals surface area (Å²) in [6.07, 6.45) is 1.47. The summed E-state index contributed by atoms with van der Waals surface area (Å²) in [6, 6.07) is 13.1. The molecule has 8 heteroatoms. The third-order valence-electron chi connectivity index (χ3n) is 3.85. The molecule has 2 aromatic carbocycles. The highest BCUT2D eigenvalue weighted by Crippen LogP contribution is 2.26. The monoisotopic (exact) mass is 460 g/mol. The van der Waals surface area contributed by atoms with Crippen LogP contribution in [0.2, 0.25) is 0 Å². The largest absolute Gasteiger partial charge is 0.490 e. The number of benzene rings is 2. The summed E-state index contributed by atoms with van der Waals surface area (Å²) in [7, 11) is 0. The van der Waals surface area contributed by atoms with Crippen LogP contribution in [0.3, 0.4) is 0 Å². The van der Waals surface area contributed by atoms with Crippen LogP contribution in [0, 0.1) is 6.92 Å². The molecule has 0 unspecified atom stereocenters. The maximum Gasteiger partial charge on any atom is 0.263 e. The van der Waals surface area contributed by atoms with Gasteiger partial charge in [-0.05, 0) is 55.5 Å². The van der Waals surface area contributed by atoms with Gasteiger partial charge in [-0.3, -0.25) is 20.2 Å². The van der Waals surface area contributed by atoms with Crippen LogP contribution < -0.4 is 20.1 Å². The smallest absolute Gasteiger partial charge is 0.263 e. The Kier molecular flexibility index (Phi) is 6.43. The van der Waals surface area contributed by atoms with Crippen LogP contribution in [0.15, 0.2) is 52.5 Å². The van der Waals surface area contributed by atoms with Crippen LogP contribution in [-0.2, 0) is 9.59 Å². The van der Waals surface area contributed by atoms with Crippen molar-refractivity contribution in [1.82, 2.24) is 10.6 Å². The molecule has 1 aliphatic heterocycles. The van der Waals surface area contributed by atoms with Gasteiger partial charge in [0.15, 0.2) is 5.11 Å². The highest BCUT2D eigenvalue weighted by atomic mass is 79.9. The van der Waals surface area contributed by atoms with E-state index in [2.05, 4.69) is 26.6 Å². The van der Waals surface area contributed by atoms with Crippen molar-refractivity contribution in [2.45, 2.75) is 6.92 Å². The third kappa shape index (κ3) is 5.17. The molecule has 1 aliphatic rings. The second kappa shape index (κ2) is 8.99. The lowest BCUT2D eigenvalue weighted by Gasteiger charge is -2.17. The lowest BCUT2D eigenvalue weighted by molar-refractivity contribution is -0.123. The Balaban J connectivity index is 1.69. The number of amides is 2. The van der Waals surface area contributed by atoms with Gasteiger partial charge in [0.1, 0.15) is 30.3 Å². The molecule has 0 radical (unpaired) electrons. The van der Waals surface area contributed by atoms with Crippen LogP contribution in [0.25, 0.3) is 6.08 Å². The predicted molar refractivity (Wildman–Crippen MR) is 113 cm³/mol. The van der Waals surface area contributed by atoms with E-state index in [9.17, 15) is 9.59 Å². The Morgan fingerprint density at radius 3 is 2.32 bits per heavy atom. The zero-order chi connectivity index (χ0) is 20.1. The van der Waals surface area contributed by atoms with Crippen molar-refractivity contribution in [2.75, 3.05) is 13.2 Å². The van der Waals surface area contributed by atoms with E-state index >= 15 is 0 Å². The number of carbonyl (C=O) groups excluding carboxylic acids is 2. The molecule has 1 heterocycles. The number of rotatable bonds is 6. The molecule has 1 fully saturated rings. The van der Waals surface area contributed by atoms with Crippen molar-refractivity contribution in [3.05, 3.63) is 63.6 Å². The lowest BCUT2D eigenvalue weighted by Crippen LogP contribution is -2.51. The Bertz CT molecular complexity index is 935. The first kappa shape index (κ1) is 20.0. The quantitative estimate of drug-likeness (QED) is 0.299. The van der Waals surface area contributed by atoms with Gasteiger partial charge in [-0.1, -0.05) is 33.6 Å². The van der Waals surface area contributed by atoms with E-state index in [0.717, 1.165) is 15.8 Å². The Labute approximate surface area is 176 Å². The fourth-order valence-corrected chi connectivity index (χ4v) is 3.04. The summed E-state index contributed by atoms with van der Waals surface area (Å²) >= 11 is 8.19. The first-order valence-electron chi connectivity index (χ1n) is 8.42. The molecular formula is C20H17BrN2O4S. The number of carbonyl (C=O) groups is 2. The second-order valence-corrected chi connectivity index (χ2v) is 7.31. The molecule has 0 aromatic heterocycles. The van der Waals surface area contributed by atoms with E-state index in [1.807, 2.05) is 37.3 Å². The number of aryl methyl sites for hydroxylation is 1.